The molecule has 0 rings (SSSR count). The molecule has 0 aliphatic heterocycles. The molecule has 0 amide bonds. The standard InChI is InChI=1S/C29H61N5O8/c30-9-3-1-2-8-26(22-39-18-14-35)27(23-40-19-15-36)32-12-6-7-13-34-29(25-42-21-17-38)28(24-41-20-16-37)33-11-5-4-10-31/h26-27,32,35-38H,1-25,30-31H2. The highest BCUT2D eigenvalue weighted by molar-refractivity contribution is 6.43. The molecular weight excluding hydrogens is 546 g/mol. The average Bonchev–Trinajstić information content (AvgIpc) is 3.00. The molecule has 250 valence electrons. The largest absolute Gasteiger partial charge is 0.394 e. The highest BCUT2D eigenvalue weighted by atomic mass is 16.5. The highest BCUT2D eigenvalue weighted by Gasteiger charge is 2.21. The van der Waals surface area contributed by atoms with Crippen molar-refractivity contribution in [1.29, 1.82) is 0 Å². The molecule has 13 heteroatoms. The number of aliphatic hydroxyl groups is 4. The molecule has 2 unspecified atom stereocenters. The molecule has 0 aromatic heterocycles. The second kappa shape index (κ2) is 32.8. The highest BCUT2D eigenvalue weighted by Crippen LogP contribution is 2.16. The second-order valence-corrected chi connectivity index (χ2v) is 9.97. The number of hydrogen-bond acceptors (Lipinski definition) is 13. The number of nitrogens with two attached hydrogens (primary N) is 2. The maximum atomic E-state index is 9.17. The van der Waals surface area contributed by atoms with Crippen molar-refractivity contribution < 1.29 is 39.4 Å². The monoisotopic (exact) mass is 607 g/mol. The predicted molar refractivity (Wildman–Crippen MR) is 167 cm³/mol. The minimum absolute atomic E-state index is 0.0137. The second-order valence-electron chi connectivity index (χ2n) is 9.97. The van der Waals surface area contributed by atoms with E-state index in [2.05, 4.69) is 10.3 Å². The predicted octanol–water partition coefficient (Wildman–Crippen LogP) is -0.483. The molecule has 42 heavy (non-hydrogen) atoms. The van der Waals surface area contributed by atoms with E-state index in [0.717, 1.165) is 57.9 Å². The van der Waals surface area contributed by atoms with Crippen molar-refractivity contribution in [3.05, 3.63) is 0 Å². The number of hydrogen-bond donors (Lipinski definition) is 7. The fraction of sp³-hybridized carbons (Fsp3) is 0.931. The summed E-state index contributed by atoms with van der Waals surface area (Å²) < 4.78 is 22.5. The van der Waals surface area contributed by atoms with Gasteiger partial charge in [0.15, 0.2) is 0 Å². The number of unbranched alkanes of at least 4 members (excludes halogenated alkanes) is 4. The van der Waals surface area contributed by atoms with Gasteiger partial charge < -0.3 is 56.2 Å². The molecule has 13 nitrogen and oxygen atoms in total. The van der Waals surface area contributed by atoms with Gasteiger partial charge in [0.05, 0.1) is 90.7 Å². The van der Waals surface area contributed by atoms with Crippen LogP contribution >= 0.6 is 0 Å². The Labute approximate surface area is 253 Å². The Morgan fingerprint density at radius 1 is 0.595 bits per heavy atom. The maximum absolute atomic E-state index is 9.17. The van der Waals surface area contributed by atoms with Crippen molar-refractivity contribution in [3.8, 4) is 0 Å². The van der Waals surface area contributed by atoms with E-state index >= 15 is 0 Å². The van der Waals surface area contributed by atoms with Crippen LogP contribution in [-0.2, 0) is 18.9 Å². The third kappa shape index (κ3) is 24.4. The van der Waals surface area contributed by atoms with E-state index < -0.39 is 0 Å². The van der Waals surface area contributed by atoms with E-state index in [-0.39, 0.29) is 71.4 Å². The number of rotatable bonds is 33. The van der Waals surface area contributed by atoms with Crippen LogP contribution in [0.2, 0.25) is 0 Å². The van der Waals surface area contributed by atoms with Crippen LogP contribution in [0.25, 0.3) is 0 Å². The van der Waals surface area contributed by atoms with E-state index in [9.17, 15) is 5.11 Å². The van der Waals surface area contributed by atoms with Gasteiger partial charge in [0.25, 0.3) is 0 Å². The molecular formula is C29H61N5O8. The summed E-state index contributed by atoms with van der Waals surface area (Å²) in [5.74, 6) is 0.207. The van der Waals surface area contributed by atoms with Gasteiger partial charge >= 0.3 is 0 Å². The first-order chi connectivity index (χ1) is 20.7. The first-order valence-electron chi connectivity index (χ1n) is 15.6. The molecule has 0 saturated carbocycles. The van der Waals surface area contributed by atoms with Crippen LogP contribution in [0.3, 0.4) is 0 Å². The van der Waals surface area contributed by atoms with Crippen LogP contribution in [0.4, 0.5) is 0 Å². The molecule has 0 bridgehead atoms. The van der Waals surface area contributed by atoms with Gasteiger partial charge in [-0.1, -0.05) is 12.8 Å². The third-order valence-electron chi connectivity index (χ3n) is 6.44. The van der Waals surface area contributed by atoms with Crippen molar-refractivity contribution in [2.75, 3.05) is 112 Å². The van der Waals surface area contributed by atoms with Gasteiger partial charge in [0, 0.05) is 19.1 Å². The molecule has 2 atom stereocenters. The summed E-state index contributed by atoms with van der Waals surface area (Å²) in [5, 5.41) is 40.2. The molecule has 0 aromatic rings. The summed E-state index contributed by atoms with van der Waals surface area (Å²) in [6, 6.07) is 0.0509. The molecule has 0 aliphatic carbocycles. The molecule has 0 saturated heterocycles. The Kier molecular flexibility index (Phi) is 31.9. The van der Waals surface area contributed by atoms with Gasteiger partial charge in [-0.15, -0.1) is 0 Å². The third-order valence-corrected chi connectivity index (χ3v) is 6.44. The minimum Gasteiger partial charge on any atom is -0.394 e. The zero-order chi connectivity index (χ0) is 30.9. The molecule has 0 aliphatic rings. The number of nitrogens with zero attached hydrogens (tertiary/aromatic N) is 2. The maximum Gasteiger partial charge on any atom is 0.0903 e. The Morgan fingerprint density at radius 2 is 1.10 bits per heavy atom. The smallest absolute Gasteiger partial charge is 0.0903 e. The fourth-order valence-corrected chi connectivity index (χ4v) is 4.18. The van der Waals surface area contributed by atoms with E-state index in [0.29, 0.717) is 57.4 Å². The zero-order valence-corrected chi connectivity index (χ0v) is 25.8. The van der Waals surface area contributed by atoms with Crippen LogP contribution in [-0.4, -0.2) is 150 Å². The summed E-state index contributed by atoms with van der Waals surface area (Å²) in [4.78, 5) is 9.45. The Morgan fingerprint density at radius 3 is 1.64 bits per heavy atom. The van der Waals surface area contributed by atoms with Crippen LogP contribution in [0.5, 0.6) is 0 Å². The molecule has 0 fully saturated rings. The molecule has 0 spiro atoms. The minimum atomic E-state index is -0.0782. The topological polar surface area (TPSA) is 207 Å². The van der Waals surface area contributed by atoms with Gasteiger partial charge in [-0.3, -0.25) is 9.98 Å². The normalized spacial score (nSPS) is 14.0. The van der Waals surface area contributed by atoms with Crippen LogP contribution < -0.4 is 16.8 Å². The lowest BCUT2D eigenvalue weighted by molar-refractivity contribution is 0.0235. The van der Waals surface area contributed by atoms with Crippen LogP contribution in [0.1, 0.15) is 51.4 Å². The fourth-order valence-electron chi connectivity index (χ4n) is 4.18. The van der Waals surface area contributed by atoms with E-state index in [1.54, 1.807) is 0 Å². The molecule has 0 heterocycles. The summed E-state index contributed by atoms with van der Waals surface area (Å²) in [6.07, 6.45) is 7.50. The Bertz CT molecular complexity index is 631. The van der Waals surface area contributed by atoms with Crippen molar-refractivity contribution in [1.82, 2.24) is 5.32 Å². The summed E-state index contributed by atoms with van der Waals surface area (Å²) in [5.41, 5.74) is 12.6. The van der Waals surface area contributed by atoms with Crippen molar-refractivity contribution in [3.63, 3.8) is 0 Å². The van der Waals surface area contributed by atoms with Gasteiger partial charge in [-0.25, -0.2) is 0 Å². The first-order valence-corrected chi connectivity index (χ1v) is 15.6. The lowest BCUT2D eigenvalue weighted by Gasteiger charge is -2.28. The van der Waals surface area contributed by atoms with Crippen molar-refractivity contribution >= 4 is 11.4 Å². The van der Waals surface area contributed by atoms with E-state index in [1.165, 1.54) is 0 Å². The van der Waals surface area contributed by atoms with Crippen LogP contribution in [0, 0.1) is 5.92 Å². The number of aliphatic hydroxyl groups excluding tert-OH is 4. The number of ether oxygens (including phenoxy) is 4. The summed E-state index contributed by atoms with van der Waals surface area (Å²) >= 11 is 0. The van der Waals surface area contributed by atoms with Crippen LogP contribution in [0.15, 0.2) is 9.98 Å². The SMILES string of the molecule is NCCCCCC(COCCO)C(COCCO)NCCCCN=C(COCCO)C(COCCO)=NCCCCN. The Hall–Kier alpha value is -1.10. The average molecular weight is 608 g/mol. The lowest BCUT2D eigenvalue weighted by atomic mass is 9.94. The Balaban J connectivity index is 5.18. The first kappa shape index (κ1) is 40.9. The van der Waals surface area contributed by atoms with Crippen molar-refractivity contribution in [2.45, 2.75) is 57.4 Å². The van der Waals surface area contributed by atoms with Crippen molar-refractivity contribution in [2.24, 2.45) is 27.4 Å². The summed E-state index contributed by atoms with van der Waals surface area (Å²) in [7, 11) is 0. The van der Waals surface area contributed by atoms with Gasteiger partial charge in [0.1, 0.15) is 0 Å². The van der Waals surface area contributed by atoms with Gasteiger partial charge in [-0.2, -0.15) is 0 Å². The number of aliphatic imine (C=N–C) groups is 2. The molecule has 9 N–H and O–H groups in total. The zero-order valence-electron chi connectivity index (χ0n) is 25.8. The van der Waals surface area contributed by atoms with Gasteiger partial charge in [-0.05, 0) is 64.1 Å². The van der Waals surface area contributed by atoms with E-state index in [4.69, 9.17) is 50.7 Å². The lowest BCUT2D eigenvalue weighted by Crippen LogP contribution is -2.43. The number of nitrogens with one attached hydrogen (secondary N) is 1. The van der Waals surface area contributed by atoms with Gasteiger partial charge in [0.2, 0.25) is 0 Å². The quantitative estimate of drug-likeness (QED) is 0.0374. The van der Waals surface area contributed by atoms with E-state index in [1.807, 2.05) is 0 Å². The molecule has 0 aromatic carbocycles. The molecule has 0 radical (unpaired) electrons. The summed E-state index contributed by atoms with van der Waals surface area (Å²) in [6.45, 7) is 5.48.